The van der Waals surface area contributed by atoms with E-state index in [0.29, 0.717) is 29.4 Å². The van der Waals surface area contributed by atoms with Crippen LogP contribution in [0.5, 0.6) is 5.75 Å². The number of benzene rings is 1. The number of aryl methyl sites for hydroxylation is 1. The van der Waals surface area contributed by atoms with Crippen molar-refractivity contribution in [3.05, 3.63) is 46.7 Å². The molecule has 0 saturated heterocycles. The molecule has 0 saturated carbocycles. The van der Waals surface area contributed by atoms with Gasteiger partial charge in [-0.15, -0.1) is 0 Å². The highest BCUT2D eigenvalue weighted by Crippen LogP contribution is 2.27. The van der Waals surface area contributed by atoms with Crippen LogP contribution >= 0.6 is 11.6 Å². The van der Waals surface area contributed by atoms with Gasteiger partial charge in [-0.05, 0) is 24.6 Å². The van der Waals surface area contributed by atoms with Gasteiger partial charge in [0.25, 0.3) is 0 Å². The second-order valence-electron chi connectivity index (χ2n) is 4.26. The van der Waals surface area contributed by atoms with Gasteiger partial charge in [-0.25, -0.2) is 0 Å². The number of ether oxygens (including phenoxy) is 1. The van der Waals surface area contributed by atoms with E-state index in [0.717, 1.165) is 5.56 Å². The first kappa shape index (κ1) is 13.9. The SMILES string of the molecule is CCn1ncc(OC)c1C(O)Cc1ccc(Cl)cc1. The summed E-state index contributed by atoms with van der Waals surface area (Å²) in [6.07, 6.45) is 1.47. The van der Waals surface area contributed by atoms with Crippen molar-refractivity contribution >= 4 is 11.6 Å². The van der Waals surface area contributed by atoms with Gasteiger partial charge in [0.1, 0.15) is 11.8 Å². The van der Waals surface area contributed by atoms with Crippen LogP contribution in [-0.4, -0.2) is 22.0 Å². The first-order valence-electron chi connectivity index (χ1n) is 6.18. The van der Waals surface area contributed by atoms with Crippen LogP contribution in [-0.2, 0) is 13.0 Å². The summed E-state index contributed by atoms with van der Waals surface area (Å²) in [6, 6.07) is 7.45. The van der Waals surface area contributed by atoms with Gasteiger partial charge in [-0.2, -0.15) is 5.10 Å². The fourth-order valence-electron chi connectivity index (χ4n) is 2.06. The summed E-state index contributed by atoms with van der Waals surface area (Å²) in [7, 11) is 1.58. The van der Waals surface area contributed by atoms with E-state index < -0.39 is 6.10 Å². The zero-order valence-electron chi connectivity index (χ0n) is 11.0. The van der Waals surface area contributed by atoms with Crippen LogP contribution in [0.2, 0.25) is 5.02 Å². The molecule has 102 valence electrons. The fraction of sp³-hybridized carbons (Fsp3) is 0.357. The van der Waals surface area contributed by atoms with Gasteiger partial charge in [0, 0.05) is 18.0 Å². The van der Waals surface area contributed by atoms with Gasteiger partial charge in [0.2, 0.25) is 0 Å². The summed E-state index contributed by atoms with van der Waals surface area (Å²) in [4.78, 5) is 0. The third-order valence-electron chi connectivity index (χ3n) is 3.02. The van der Waals surface area contributed by atoms with Crippen LogP contribution < -0.4 is 4.74 Å². The topological polar surface area (TPSA) is 47.3 Å². The zero-order valence-corrected chi connectivity index (χ0v) is 11.8. The van der Waals surface area contributed by atoms with Gasteiger partial charge in [-0.3, -0.25) is 4.68 Å². The Kier molecular flexibility index (Phi) is 4.45. The van der Waals surface area contributed by atoms with Gasteiger partial charge in [-0.1, -0.05) is 23.7 Å². The van der Waals surface area contributed by atoms with E-state index >= 15 is 0 Å². The van der Waals surface area contributed by atoms with E-state index in [4.69, 9.17) is 16.3 Å². The lowest BCUT2D eigenvalue weighted by Gasteiger charge is -2.14. The molecule has 0 aliphatic carbocycles. The molecule has 1 heterocycles. The first-order chi connectivity index (χ1) is 9.15. The van der Waals surface area contributed by atoms with Crippen LogP contribution in [0.15, 0.2) is 30.5 Å². The maximum Gasteiger partial charge on any atom is 0.162 e. The monoisotopic (exact) mass is 280 g/mol. The highest BCUT2D eigenvalue weighted by atomic mass is 35.5. The number of halogens is 1. The Bertz CT molecular complexity index is 515. The first-order valence-corrected chi connectivity index (χ1v) is 6.55. The standard InChI is InChI=1S/C14H17ClN2O2/c1-3-17-14(13(19-2)9-16-17)12(18)8-10-4-6-11(15)7-5-10/h4-7,9,12,18H,3,8H2,1-2H3. The van der Waals surface area contributed by atoms with Crippen molar-refractivity contribution < 1.29 is 9.84 Å². The summed E-state index contributed by atoms with van der Waals surface area (Å²) >= 11 is 5.85. The number of aliphatic hydroxyl groups excluding tert-OH is 1. The Morgan fingerprint density at radius 2 is 2.05 bits per heavy atom. The molecule has 2 aromatic rings. The molecule has 0 amide bonds. The summed E-state index contributed by atoms with van der Waals surface area (Å²) < 4.78 is 6.99. The Morgan fingerprint density at radius 1 is 1.37 bits per heavy atom. The van der Waals surface area contributed by atoms with E-state index in [1.165, 1.54) is 0 Å². The number of methoxy groups -OCH3 is 1. The third-order valence-corrected chi connectivity index (χ3v) is 3.27. The normalized spacial score (nSPS) is 12.4. The maximum absolute atomic E-state index is 10.4. The van der Waals surface area contributed by atoms with Gasteiger partial charge in [0.15, 0.2) is 5.75 Å². The van der Waals surface area contributed by atoms with Crippen LogP contribution in [0.1, 0.15) is 24.3 Å². The number of hydrogen-bond acceptors (Lipinski definition) is 3. The molecule has 19 heavy (non-hydrogen) atoms. The van der Waals surface area contributed by atoms with E-state index in [9.17, 15) is 5.11 Å². The van der Waals surface area contributed by atoms with Crippen molar-refractivity contribution in [3.8, 4) is 5.75 Å². The molecule has 1 aromatic heterocycles. The molecule has 1 aromatic carbocycles. The minimum atomic E-state index is -0.654. The average Bonchev–Trinajstić information content (AvgIpc) is 2.84. The van der Waals surface area contributed by atoms with Crippen molar-refractivity contribution in [2.75, 3.05) is 7.11 Å². The van der Waals surface area contributed by atoms with Crippen LogP contribution in [0, 0.1) is 0 Å². The number of aromatic nitrogens is 2. The third kappa shape index (κ3) is 3.08. The molecule has 4 nitrogen and oxygen atoms in total. The Morgan fingerprint density at radius 3 is 2.63 bits per heavy atom. The molecule has 0 aliphatic rings. The lowest BCUT2D eigenvalue weighted by atomic mass is 10.1. The Hall–Kier alpha value is -1.52. The number of rotatable bonds is 5. The molecule has 0 bridgehead atoms. The number of aliphatic hydroxyl groups is 1. The fourth-order valence-corrected chi connectivity index (χ4v) is 2.19. The maximum atomic E-state index is 10.4. The van der Waals surface area contributed by atoms with Crippen LogP contribution in [0.4, 0.5) is 0 Å². The van der Waals surface area contributed by atoms with Gasteiger partial charge >= 0.3 is 0 Å². The van der Waals surface area contributed by atoms with E-state index in [-0.39, 0.29) is 0 Å². The zero-order chi connectivity index (χ0) is 13.8. The van der Waals surface area contributed by atoms with Crippen molar-refractivity contribution in [1.29, 1.82) is 0 Å². The molecule has 0 fully saturated rings. The minimum Gasteiger partial charge on any atom is -0.493 e. The second kappa shape index (κ2) is 6.08. The van der Waals surface area contributed by atoms with E-state index in [1.54, 1.807) is 18.0 Å². The predicted molar refractivity (Wildman–Crippen MR) is 74.6 cm³/mol. The van der Waals surface area contributed by atoms with Gasteiger partial charge in [0.05, 0.1) is 13.3 Å². The predicted octanol–water partition coefficient (Wildman–Crippen LogP) is 2.84. The molecular weight excluding hydrogens is 264 g/mol. The molecule has 1 N–H and O–H groups in total. The summed E-state index contributed by atoms with van der Waals surface area (Å²) in [5.74, 6) is 0.614. The summed E-state index contributed by atoms with van der Waals surface area (Å²) in [5, 5.41) is 15.3. The van der Waals surface area contributed by atoms with E-state index in [1.807, 2.05) is 31.2 Å². The van der Waals surface area contributed by atoms with Crippen molar-refractivity contribution in [2.45, 2.75) is 26.0 Å². The lowest BCUT2D eigenvalue weighted by molar-refractivity contribution is 0.162. The molecule has 1 atom stereocenters. The second-order valence-corrected chi connectivity index (χ2v) is 4.70. The van der Waals surface area contributed by atoms with Gasteiger partial charge < -0.3 is 9.84 Å². The number of nitrogens with zero attached hydrogens (tertiary/aromatic N) is 2. The summed E-state index contributed by atoms with van der Waals surface area (Å²) in [5.41, 5.74) is 1.72. The highest BCUT2D eigenvalue weighted by Gasteiger charge is 2.19. The smallest absolute Gasteiger partial charge is 0.162 e. The molecule has 0 aliphatic heterocycles. The van der Waals surface area contributed by atoms with Crippen molar-refractivity contribution in [2.24, 2.45) is 0 Å². The van der Waals surface area contributed by atoms with Crippen LogP contribution in [0.3, 0.4) is 0 Å². The Labute approximate surface area is 117 Å². The molecule has 5 heteroatoms. The van der Waals surface area contributed by atoms with E-state index in [2.05, 4.69) is 5.10 Å². The Balaban J connectivity index is 2.21. The quantitative estimate of drug-likeness (QED) is 0.916. The molecule has 2 rings (SSSR count). The molecule has 1 unspecified atom stereocenters. The van der Waals surface area contributed by atoms with Crippen molar-refractivity contribution in [1.82, 2.24) is 9.78 Å². The molecular formula is C14H17ClN2O2. The van der Waals surface area contributed by atoms with Crippen molar-refractivity contribution in [3.63, 3.8) is 0 Å². The minimum absolute atomic E-state index is 0.499. The largest absolute Gasteiger partial charge is 0.493 e. The van der Waals surface area contributed by atoms with Crippen LogP contribution in [0.25, 0.3) is 0 Å². The number of hydrogen-bond donors (Lipinski definition) is 1. The molecule has 0 spiro atoms. The summed E-state index contributed by atoms with van der Waals surface area (Å²) in [6.45, 7) is 2.67. The average molecular weight is 281 g/mol. The molecule has 0 radical (unpaired) electrons. The highest BCUT2D eigenvalue weighted by molar-refractivity contribution is 6.30. The lowest BCUT2D eigenvalue weighted by Crippen LogP contribution is -2.11.